The minimum absolute atomic E-state index is 0.0467. The first-order valence-electron chi connectivity index (χ1n) is 34.3. The molecular formula is C86H73Cl2N4O12. The molecule has 0 atom stereocenters. The van der Waals surface area contributed by atoms with Gasteiger partial charge in [0.25, 0.3) is 17.7 Å². The third kappa shape index (κ3) is 12.9. The quantitative estimate of drug-likeness (QED) is 0.0290. The number of primary amides is 1. The van der Waals surface area contributed by atoms with E-state index in [1.54, 1.807) is 93.1 Å². The summed E-state index contributed by atoms with van der Waals surface area (Å²) in [5, 5.41) is 50.4. The Morgan fingerprint density at radius 3 is 1.82 bits per heavy atom. The Balaban J connectivity index is 0.969. The van der Waals surface area contributed by atoms with Crippen LogP contribution < -0.4 is 30.0 Å². The Morgan fingerprint density at radius 1 is 0.567 bits per heavy atom. The van der Waals surface area contributed by atoms with E-state index in [1.807, 2.05) is 73.7 Å². The fourth-order valence-corrected chi connectivity index (χ4v) is 14.8. The number of methoxy groups -OCH3 is 2. The van der Waals surface area contributed by atoms with Crippen molar-refractivity contribution in [2.75, 3.05) is 42.0 Å². The molecule has 0 saturated heterocycles. The lowest BCUT2D eigenvalue weighted by atomic mass is 9.83. The maximum atomic E-state index is 14.8. The largest absolute Gasteiger partial charge is 0.508 e. The fraction of sp³-hybridized carbons (Fsp3) is 0.198. The van der Waals surface area contributed by atoms with Crippen molar-refractivity contribution in [1.82, 2.24) is 15.2 Å². The summed E-state index contributed by atoms with van der Waals surface area (Å²) in [4.78, 5) is 61.2. The number of pyridine rings is 1. The molecular weight excluding hydrogens is 1350 g/mol. The molecule has 1 radical (unpaired) electrons. The maximum absolute atomic E-state index is 14.8. The van der Waals surface area contributed by atoms with Gasteiger partial charge in [0.05, 0.1) is 48.2 Å². The highest BCUT2D eigenvalue weighted by Gasteiger charge is 2.38. The summed E-state index contributed by atoms with van der Waals surface area (Å²) in [6.07, 6.45) is 5.42. The average Bonchev–Trinajstić information content (AvgIpc) is 1.19. The zero-order valence-corrected chi connectivity index (χ0v) is 59.6. The van der Waals surface area contributed by atoms with Gasteiger partial charge in [0, 0.05) is 134 Å². The number of carbonyl (C=O) groups excluding carboxylic acids is 4. The van der Waals surface area contributed by atoms with Crippen LogP contribution in [0.1, 0.15) is 105 Å². The Bertz CT molecular complexity index is 5370. The van der Waals surface area contributed by atoms with Crippen molar-refractivity contribution in [2.24, 2.45) is 11.7 Å². The number of phenolic OH excluding ortho intramolecular Hbond substituents is 3. The molecule has 3 fully saturated rings. The summed E-state index contributed by atoms with van der Waals surface area (Å²) in [5.74, 6) is -1.40. The Labute approximate surface area is 611 Å². The third-order valence-electron chi connectivity index (χ3n) is 19.5. The minimum Gasteiger partial charge on any atom is -0.508 e. The van der Waals surface area contributed by atoms with E-state index in [9.17, 15) is 39.6 Å². The van der Waals surface area contributed by atoms with Gasteiger partial charge in [-0.1, -0.05) is 138 Å². The lowest BCUT2D eigenvalue weighted by Gasteiger charge is -2.25. The SMILES string of the molecule is CNC(=O)c1ccc(-c2c(-c3cccc(-c4ccc(C(N)=O)c(O)c4-c4cccc(-c5ccc(C)nc5-c5ccc(-c6cccc(OC(C)=O)c6-c6ccc(-c7cccc(O)c7)c(OC)c6C6CC6)c(OC)c5C5CC5)c4OCC4CC4)c3Cl)[c]c(-c3ccccc3Cl)c(O)c2C(=O)N(C)C)cc1O. The van der Waals surface area contributed by atoms with Crippen LogP contribution in [-0.2, 0) is 4.79 Å². The number of nitrogens with one attached hydrogen (secondary N) is 1. The van der Waals surface area contributed by atoms with Crippen LogP contribution in [0, 0.1) is 18.9 Å². The smallest absolute Gasteiger partial charge is 0.308 e. The van der Waals surface area contributed by atoms with Crippen LogP contribution in [0.3, 0.4) is 0 Å². The van der Waals surface area contributed by atoms with Crippen molar-refractivity contribution < 1.29 is 58.6 Å². The van der Waals surface area contributed by atoms with E-state index in [4.69, 9.17) is 52.9 Å². The lowest BCUT2D eigenvalue weighted by Crippen LogP contribution is -2.23. The van der Waals surface area contributed by atoms with E-state index in [2.05, 4.69) is 17.4 Å². The molecule has 1 aromatic heterocycles. The first kappa shape index (κ1) is 69.5. The van der Waals surface area contributed by atoms with E-state index >= 15 is 0 Å². The summed E-state index contributed by atoms with van der Waals surface area (Å²) in [5.41, 5.74) is 18.0. The zero-order chi connectivity index (χ0) is 73.1. The van der Waals surface area contributed by atoms with E-state index in [0.29, 0.717) is 74.2 Å². The number of para-hydroxylation sites is 1. The van der Waals surface area contributed by atoms with Gasteiger partial charge in [-0.2, -0.15) is 0 Å². The van der Waals surface area contributed by atoms with E-state index in [-0.39, 0.29) is 83.6 Å². The molecule has 3 aliphatic carbocycles. The summed E-state index contributed by atoms with van der Waals surface area (Å²) in [7, 11) is 7.82. The number of benzene rings is 10. The number of halogens is 2. The van der Waals surface area contributed by atoms with Gasteiger partial charge in [0.15, 0.2) is 0 Å². The molecule has 3 saturated carbocycles. The topological polar surface area (TPSA) is 240 Å². The van der Waals surface area contributed by atoms with Gasteiger partial charge in [0.1, 0.15) is 46.0 Å². The van der Waals surface area contributed by atoms with E-state index < -0.39 is 40.9 Å². The normalized spacial score (nSPS) is 13.3. The fourth-order valence-electron chi connectivity index (χ4n) is 14.2. The van der Waals surface area contributed by atoms with Crippen LogP contribution in [0.15, 0.2) is 170 Å². The van der Waals surface area contributed by atoms with Gasteiger partial charge in [-0.15, -0.1) is 0 Å². The van der Waals surface area contributed by atoms with Gasteiger partial charge < -0.3 is 55.3 Å². The molecule has 18 heteroatoms. The number of aryl methyl sites for hydroxylation is 1. The molecule has 3 amide bonds. The van der Waals surface area contributed by atoms with E-state index in [0.717, 1.165) is 88.7 Å². The number of esters is 1. The van der Waals surface area contributed by atoms with E-state index in [1.165, 1.54) is 51.2 Å². The molecule has 0 aliphatic heterocycles. The van der Waals surface area contributed by atoms with Crippen LogP contribution in [0.2, 0.25) is 10.0 Å². The summed E-state index contributed by atoms with van der Waals surface area (Å²) in [6.45, 7) is 3.62. The highest BCUT2D eigenvalue weighted by molar-refractivity contribution is 6.37. The molecule has 11 aromatic rings. The third-order valence-corrected chi connectivity index (χ3v) is 20.3. The number of rotatable bonds is 21. The van der Waals surface area contributed by atoms with Crippen LogP contribution in [0.5, 0.6) is 46.0 Å². The van der Waals surface area contributed by atoms with Crippen LogP contribution in [0.4, 0.5) is 0 Å². The predicted molar refractivity (Wildman–Crippen MR) is 405 cm³/mol. The number of carbonyl (C=O) groups is 4. The van der Waals surface area contributed by atoms with Gasteiger partial charge in [-0.05, 0) is 146 Å². The Kier molecular flexibility index (Phi) is 18.9. The molecule has 14 rings (SSSR count). The molecule has 16 nitrogen and oxygen atoms in total. The first-order valence-corrected chi connectivity index (χ1v) is 35.0. The molecule has 3 aliphatic rings. The number of nitrogens with zero attached hydrogens (tertiary/aromatic N) is 2. The Morgan fingerprint density at radius 2 is 1.15 bits per heavy atom. The molecule has 10 aromatic carbocycles. The molecule has 7 N–H and O–H groups in total. The number of aromatic hydroxyl groups is 4. The number of ether oxygens (including phenoxy) is 4. The Hall–Kier alpha value is -11.6. The standard InChI is InChI=1S/C86H73Cl2N4O12/c1-44-24-32-58(78(91-44)63-38-36-60(83(102-7)73(63)48-29-30-48)54-17-13-23-70(104-45(2)93)74(54)62-37-34-52(49-14-10-15-51(94)40-49)82(101-6)72(62)47-27-28-47)59-20-12-21-64(81(59)103-43-46-25-26-46)75-55(35-39-65(79(75)96)84(89)98)56-18-11-19-57(77(56)88)66-42-67(53-16-8-9-22-68(53)87)80(97)76(86(100)92(4)5)71(66)50-31-33-61(69(95)41-50)85(99)90-3/h8-24,31-41,46-48,94-97H,25-30,43H2,1-7H3,(H2,89,98)(H,90,99). The summed E-state index contributed by atoms with van der Waals surface area (Å²) in [6, 6.07) is 53.2. The number of hydrogen-bond donors (Lipinski definition) is 6. The van der Waals surface area contributed by atoms with Crippen molar-refractivity contribution in [2.45, 2.75) is 64.2 Å². The molecule has 523 valence electrons. The highest BCUT2D eigenvalue weighted by atomic mass is 35.5. The van der Waals surface area contributed by atoms with Crippen molar-refractivity contribution in [3.8, 4) is 157 Å². The number of nitrogens with two attached hydrogens (primary N) is 1. The van der Waals surface area contributed by atoms with Gasteiger partial charge >= 0.3 is 5.97 Å². The molecule has 0 bridgehead atoms. The van der Waals surface area contributed by atoms with Gasteiger partial charge in [-0.25, -0.2) is 0 Å². The van der Waals surface area contributed by atoms with Crippen molar-refractivity contribution in [3.05, 3.63) is 219 Å². The number of hydrogen-bond acceptors (Lipinski definition) is 13. The van der Waals surface area contributed by atoms with Gasteiger partial charge in [-0.3, -0.25) is 24.2 Å². The zero-order valence-electron chi connectivity index (χ0n) is 58.1. The predicted octanol–water partition coefficient (Wildman–Crippen LogP) is 18.6. The van der Waals surface area contributed by atoms with Crippen LogP contribution in [-0.4, -0.2) is 96.0 Å². The maximum Gasteiger partial charge on any atom is 0.308 e. The van der Waals surface area contributed by atoms with Crippen LogP contribution in [0.25, 0.3) is 111 Å². The molecule has 0 unspecified atom stereocenters. The second-order valence-electron chi connectivity index (χ2n) is 26.8. The molecule has 0 spiro atoms. The summed E-state index contributed by atoms with van der Waals surface area (Å²) >= 11 is 14.8. The molecule has 104 heavy (non-hydrogen) atoms. The van der Waals surface area contributed by atoms with Crippen molar-refractivity contribution in [3.63, 3.8) is 0 Å². The van der Waals surface area contributed by atoms with Crippen molar-refractivity contribution >= 4 is 46.9 Å². The van der Waals surface area contributed by atoms with Gasteiger partial charge in [0.2, 0.25) is 0 Å². The summed E-state index contributed by atoms with van der Waals surface area (Å²) < 4.78 is 26.3. The molecule has 1 heterocycles. The second kappa shape index (κ2) is 28.3. The van der Waals surface area contributed by atoms with Crippen molar-refractivity contribution in [1.29, 1.82) is 0 Å². The number of phenols is 4. The first-order chi connectivity index (χ1) is 50.2. The monoisotopic (exact) mass is 1420 g/mol. The number of aromatic nitrogens is 1. The highest BCUT2D eigenvalue weighted by Crippen LogP contribution is 2.59. The van der Waals surface area contributed by atoms with Crippen LogP contribution >= 0.6 is 23.2 Å². The number of amides is 3. The lowest BCUT2D eigenvalue weighted by molar-refractivity contribution is -0.131. The minimum atomic E-state index is -0.905. The average molecular weight is 1430 g/mol. The second-order valence-corrected chi connectivity index (χ2v) is 27.5.